The fourth-order valence-electron chi connectivity index (χ4n) is 6.60. The van der Waals surface area contributed by atoms with Gasteiger partial charge in [0.05, 0.1) is 12.2 Å². The van der Waals surface area contributed by atoms with Gasteiger partial charge in [-0.25, -0.2) is 9.18 Å². The number of aromatic carboxylic acids is 1. The van der Waals surface area contributed by atoms with Crippen molar-refractivity contribution in [3.8, 4) is 11.1 Å². The van der Waals surface area contributed by atoms with Crippen molar-refractivity contribution in [2.45, 2.75) is 50.0 Å². The first kappa shape index (κ1) is 29.7. The van der Waals surface area contributed by atoms with Crippen LogP contribution in [-0.2, 0) is 6.18 Å². The molecule has 3 aliphatic rings. The second kappa shape index (κ2) is 11.6. The molecular weight excluding hydrogens is 586 g/mol. The Morgan fingerprint density at radius 2 is 1.72 bits per heavy atom. The zero-order chi connectivity index (χ0) is 30.4. The van der Waals surface area contributed by atoms with Gasteiger partial charge in [0.1, 0.15) is 11.2 Å². The number of carboxylic acid groups (broad SMARTS) is 1. The number of alkyl halides is 4. The molecule has 0 radical (unpaired) electrons. The maximum atomic E-state index is 14.6. The molecule has 1 saturated carbocycles. The Labute approximate surface area is 252 Å². The lowest BCUT2D eigenvalue weighted by molar-refractivity contribution is -0.145. The molecule has 0 spiro atoms. The molecule has 1 aliphatic carbocycles. The summed E-state index contributed by atoms with van der Waals surface area (Å²) in [5.41, 5.74) is 0.648. The highest BCUT2D eigenvalue weighted by molar-refractivity contribution is 6.31. The van der Waals surface area contributed by atoms with E-state index in [9.17, 15) is 27.5 Å². The van der Waals surface area contributed by atoms with Crippen molar-refractivity contribution in [2.75, 3.05) is 55.6 Å². The Morgan fingerprint density at radius 3 is 2.35 bits per heavy atom. The van der Waals surface area contributed by atoms with Crippen LogP contribution < -0.4 is 9.80 Å². The normalized spacial score (nSPS) is 21.1. The van der Waals surface area contributed by atoms with Gasteiger partial charge in [0.2, 0.25) is 0 Å². The van der Waals surface area contributed by atoms with E-state index in [1.165, 1.54) is 0 Å². The molecule has 3 aromatic rings. The summed E-state index contributed by atoms with van der Waals surface area (Å²) in [7, 11) is 0. The summed E-state index contributed by atoms with van der Waals surface area (Å²) < 4.78 is 57.1. The molecule has 1 atom stereocenters. The quantitative estimate of drug-likeness (QED) is 0.294. The fourth-order valence-corrected chi connectivity index (χ4v) is 6.76. The lowest BCUT2D eigenvalue weighted by atomic mass is 9.81. The molecule has 12 heteroatoms. The summed E-state index contributed by atoms with van der Waals surface area (Å²) in [6.45, 7) is 4.66. The molecule has 3 fully saturated rings. The van der Waals surface area contributed by atoms with E-state index in [-0.39, 0.29) is 6.54 Å². The Hall–Kier alpha value is -3.31. The number of carbonyl (C=O) groups is 1. The van der Waals surface area contributed by atoms with Gasteiger partial charge in [0.15, 0.2) is 5.69 Å². The van der Waals surface area contributed by atoms with Crippen molar-refractivity contribution >= 4 is 28.9 Å². The largest absolute Gasteiger partial charge is 0.478 e. The molecular formula is C31H34ClF4N5O2. The monoisotopic (exact) mass is 619 g/mol. The average molecular weight is 620 g/mol. The molecule has 1 unspecified atom stereocenters. The number of hydrogen-bond acceptors (Lipinski definition) is 5. The van der Waals surface area contributed by atoms with E-state index in [0.29, 0.717) is 43.8 Å². The Bertz CT molecular complexity index is 1470. The number of aromatic nitrogens is 2. The number of hydrogen-bond donors (Lipinski definition) is 1. The van der Waals surface area contributed by atoms with Crippen LogP contribution in [0.5, 0.6) is 0 Å². The number of carboxylic acids is 1. The first-order chi connectivity index (χ1) is 20.5. The van der Waals surface area contributed by atoms with Crippen molar-refractivity contribution in [1.29, 1.82) is 0 Å². The van der Waals surface area contributed by atoms with Gasteiger partial charge in [0, 0.05) is 67.8 Å². The lowest BCUT2D eigenvalue weighted by Gasteiger charge is -2.42. The summed E-state index contributed by atoms with van der Waals surface area (Å²) in [5.74, 6) is -1.66. The highest BCUT2D eigenvalue weighted by Crippen LogP contribution is 2.40. The molecule has 2 saturated heterocycles. The number of benzene rings is 2. The SMILES string of the molecule is O=C(O)c1cnn(C2CCCN(c3cc(Cl)ccc3-c3ccc(N4CCN(CC5(F)CCC5)CC4)cc3)C2)c1C(F)(F)F. The molecule has 6 rings (SSSR count). The van der Waals surface area contributed by atoms with Crippen molar-refractivity contribution < 1.29 is 27.5 Å². The minimum atomic E-state index is -4.85. The molecule has 1 aromatic heterocycles. The number of anilines is 2. The number of piperazine rings is 1. The number of halogens is 5. The molecule has 43 heavy (non-hydrogen) atoms. The zero-order valence-electron chi connectivity index (χ0n) is 23.7. The Kier molecular flexibility index (Phi) is 8.06. The van der Waals surface area contributed by atoms with Gasteiger partial charge in [0.25, 0.3) is 0 Å². The third kappa shape index (κ3) is 6.20. The lowest BCUT2D eigenvalue weighted by Crippen LogP contribution is -2.52. The van der Waals surface area contributed by atoms with Gasteiger partial charge in [-0.05, 0) is 61.9 Å². The minimum Gasteiger partial charge on any atom is -0.478 e. The Morgan fingerprint density at radius 1 is 1.00 bits per heavy atom. The predicted octanol–water partition coefficient (Wildman–Crippen LogP) is 6.78. The molecule has 1 N–H and O–H groups in total. The summed E-state index contributed by atoms with van der Waals surface area (Å²) in [5, 5.41) is 13.7. The third-order valence-corrected chi connectivity index (χ3v) is 9.24. The van der Waals surface area contributed by atoms with Crippen LogP contribution >= 0.6 is 11.6 Å². The second-order valence-corrected chi connectivity index (χ2v) is 12.3. The van der Waals surface area contributed by atoms with Gasteiger partial charge in [-0.1, -0.05) is 29.8 Å². The van der Waals surface area contributed by atoms with Crippen LogP contribution in [0.3, 0.4) is 0 Å². The van der Waals surface area contributed by atoms with Crippen molar-refractivity contribution in [1.82, 2.24) is 14.7 Å². The first-order valence-corrected chi connectivity index (χ1v) is 15.1. The van der Waals surface area contributed by atoms with E-state index in [0.717, 1.165) is 66.0 Å². The maximum Gasteiger partial charge on any atom is 0.433 e. The molecule has 0 bridgehead atoms. The van der Waals surface area contributed by atoms with Gasteiger partial charge in [-0.2, -0.15) is 18.3 Å². The minimum absolute atomic E-state index is 0.222. The van der Waals surface area contributed by atoms with Crippen molar-refractivity contribution in [2.24, 2.45) is 0 Å². The van der Waals surface area contributed by atoms with E-state index in [2.05, 4.69) is 27.0 Å². The Balaban J connectivity index is 1.19. The summed E-state index contributed by atoms with van der Waals surface area (Å²) in [4.78, 5) is 18.0. The third-order valence-electron chi connectivity index (χ3n) is 9.01. The van der Waals surface area contributed by atoms with Crippen LogP contribution in [0.15, 0.2) is 48.7 Å². The van der Waals surface area contributed by atoms with Gasteiger partial charge >= 0.3 is 12.1 Å². The van der Waals surface area contributed by atoms with Crippen LogP contribution in [0.1, 0.15) is 54.2 Å². The van der Waals surface area contributed by atoms with Gasteiger partial charge < -0.3 is 14.9 Å². The van der Waals surface area contributed by atoms with Crippen LogP contribution in [0.2, 0.25) is 5.02 Å². The standard InChI is InChI=1S/C31H34ClF4N5O2/c32-22-6-9-25(21-4-7-23(8-5-21)39-15-13-38(14-16-39)20-30(33)10-2-11-30)27(17-22)40-12-1-3-24(19-40)41-28(31(34,35)36)26(18-37-41)29(42)43/h4-9,17-18,24H,1-3,10-16,19-20H2,(H,42,43). The number of piperidine rings is 1. The summed E-state index contributed by atoms with van der Waals surface area (Å²) in [6.07, 6.45) is -0.717. The van der Waals surface area contributed by atoms with Crippen molar-refractivity contribution in [3.05, 3.63) is 64.9 Å². The number of nitrogens with zero attached hydrogens (tertiary/aromatic N) is 5. The van der Waals surface area contributed by atoms with E-state index >= 15 is 0 Å². The predicted molar refractivity (Wildman–Crippen MR) is 158 cm³/mol. The topological polar surface area (TPSA) is 64.8 Å². The first-order valence-electron chi connectivity index (χ1n) is 14.7. The summed E-state index contributed by atoms with van der Waals surface area (Å²) >= 11 is 6.40. The molecule has 2 aliphatic heterocycles. The van der Waals surface area contributed by atoms with Crippen LogP contribution in [0, 0.1) is 0 Å². The average Bonchev–Trinajstić information content (AvgIpc) is 3.44. The highest BCUT2D eigenvalue weighted by atomic mass is 35.5. The van der Waals surface area contributed by atoms with Gasteiger partial charge in [-0.15, -0.1) is 0 Å². The number of rotatable bonds is 7. The smallest absolute Gasteiger partial charge is 0.433 e. The van der Waals surface area contributed by atoms with Crippen LogP contribution in [-0.4, -0.2) is 77.2 Å². The van der Waals surface area contributed by atoms with E-state index in [1.54, 1.807) is 6.07 Å². The molecule has 7 nitrogen and oxygen atoms in total. The van der Waals surface area contributed by atoms with E-state index in [1.807, 2.05) is 29.2 Å². The maximum absolute atomic E-state index is 14.6. The van der Waals surface area contributed by atoms with Crippen LogP contribution in [0.4, 0.5) is 28.9 Å². The second-order valence-electron chi connectivity index (χ2n) is 11.9. The highest BCUT2D eigenvalue weighted by Gasteiger charge is 2.42. The molecule has 3 heterocycles. The van der Waals surface area contributed by atoms with Crippen molar-refractivity contribution in [3.63, 3.8) is 0 Å². The zero-order valence-corrected chi connectivity index (χ0v) is 24.4. The van der Waals surface area contributed by atoms with Gasteiger partial charge in [-0.3, -0.25) is 9.58 Å². The van der Waals surface area contributed by atoms with Crippen LogP contribution in [0.25, 0.3) is 11.1 Å². The molecule has 2 aromatic carbocycles. The molecule has 0 amide bonds. The van der Waals surface area contributed by atoms with E-state index < -0.39 is 35.1 Å². The summed E-state index contributed by atoms with van der Waals surface area (Å²) in [6, 6.07) is 13.1. The van der Waals surface area contributed by atoms with E-state index in [4.69, 9.17) is 11.6 Å². The fraction of sp³-hybridized carbons (Fsp3) is 0.484. The molecule has 230 valence electrons.